The van der Waals surface area contributed by atoms with Crippen LogP contribution in [-0.2, 0) is 0 Å². The van der Waals surface area contributed by atoms with Crippen LogP contribution in [0.25, 0.3) is 22.2 Å². The molecular formula is C33H37N5O2. The van der Waals surface area contributed by atoms with Gasteiger partial charge in [-0.15, -0.1) is 0 Å². The molecule has 2 aromatic carbocycles. The van der Waals surface area contributed by atoms with Gasteiger partial charge in [0.25, 0.3) is 5.91 Å². The average molecular weight is 536 g/mol. The third-order valence-corrected chi connectivity index (χ3v) is 9.47. The highest BCUT2D eigenvalue weighted by molar-refractivity contribution is 6.01. The zero-order valence-electron chi connectivity index (χ0n) is 23.1. The third kappa shape index (κ3) is 4.87. The van der Waals surface area contributed by atoms with Crippen molar-refractivity contribution in [2.24, 2.45) is 5.92 Å². The molecule has 40 heavy (non-hydrogen) atoms. The third-order valence-electron chi connectivity index (χ3n) is 9.47. The summed E-state index contributed by atoms with van der Waals surface area (Å²) >= 11 is 0. The van der Waals surface area contributed by atoms with Gasteiger partial charge in [-0.25, -0.2) is 0 Å². The lowest BCUT2D eigenvalue weighted by Crippen LogP contribution is -2.43. The Labute approximate surface area is 235 Å². The number of nitrogens with zero attached hydrogens (tertiary/aromatic N) is 3. The number of pyridine rings is 1. The van der Waals surface area contributed by atoms with E-state index in [0.717, 1.165) is 59.3 Å². The van der Waals surface area contributed by atoms with Crippen molar-refractivity contribution < 1.29 is 9.53 Å². The first-order chi connectivity index (χ1) is 19.6. The minimum atomic E-state index is -0.0805. The Kier molecular flexibility index (Phi) is 6.76. The van der Waals surface area contributed by atoms with Crippen molar-refractivity contribution in [1.82, 2.24) is 25.4 Å². The lowest BCUT2D eigenvalue weighted by Gasteiger charge is -2.36. The molecule has 2 saturated heterocycles. The molecule has 1 aliphatic carbocycles. The van der Waals surface area contributed by atoms with Crippen LogP contribution >= 0.6 is 0 Å². The highest BCUT2D eigenvalue weighted by Crippen LogP contribution is 2.37. The fraction of sp³-hybridized carbons (Fsp3) is 0.424. The Hall–Kier alpha value is -3.71. The average Bonchev–Trinajstić information content (AvgIpc) is 3.71. The first-order valence-corrected chi connectivity index (χ1v) is 14.8. The Bertz CT molecular complexity index is 1460. The molecule has 1 amide bonds. The maximum absolute atomic E-state index is 13.5. The number of aromatic nitrogens is 3. The van der Waals surface area contributed by atoms with Crippen molar-refractivity contribution in [3.8, 4) is 17.0 Å². The summed E-state index contributed by atoms with van der Waals surface area (Å²) in [6.07, 6.45) is 11.5. The monoisotopic (exact) mass is 535 g/mol. The molecular weight excluding hydrogens is 498 g/mol. The molecule has 4 heterocycles. The van der Waals surface area contributed by atoms with Crippen LogP contribution in [0.15, 0.2) is 66.9 Å². The SMILES string of the molecule is CN1C2CCC1CC(Oc1ccc(-c3n[nH]c4ccc(C(=O)N[C@H](c5ccccn5)C5CCCC5)cc34)cc1)C2. The second-order valence-electron chi connectivity index (χ2n) is 11.9. The number of aromatic amines is 1. The van der Waals surface area contributed by atoms with Gasteiger partial charge in [0.2, 0.25) is 0 Å². The van der Waals surface area contributed by atoms with Gasteiger partial charge in [0.1, 0.15) is 11.9 Å². The Balaban J connectivity index is 1.09. The van der Waals surface area contributed by atoms with Gasteiger partial charge in [-0.1, -0.05) is 18.9 Å². The van der Waals surface area contributed by atoms with Crippen LogP contribution in [0.5, 0.6) is 5.75 Å². The van der Waals surface area contributed by atoms with Crippen LogP contribution < -0.4 is 10.1 Å². The van der Waals surface area contributed by atoms with Crippen LogP contribution in [0, 0.1) is 5.92 Å². The maximum Gasteiger partial charge on any atom is 0.251 e. The van der Waals surface area contributed by atoms with E-state index in [1.807, 2.05) is 48.5 Å². The van der Waals surface area contributed by atoms with Gasteiger partial charge < -0.3 is 15.0 Å². The predicted molar refractivity (Wildman–Crippen MR) is 156 cm³/mol. The Morgan fingerprint density at radius 1 is 1.00 bits per heavy atom. The summed E-state index contributed by atoms with van der Waals surface area (Å²) in [6.45, 7) is 0. The van der Waals surface area contributed by atoms with Crippen molar-refractivity contribution in [3.05, 3.63) is 78.1 Å². The summed E-state index contributed by atoms with van der Waals surface area (Å²) in [4.78, 5) is 20.6. The number of fused-ring (bicyclic) bond motifs is 3. The van der Waals surface area contributed by atoms with E-state index < -0.39 is 0 Å². The smallest absolute Gasteiger partial charge is 0.251 e. The number of carbonyl (C=O) groups is 1. The number of benzene rings is 2. The molecule has 2 aromatic heterocycles. The summed E-state index contributed by atoms with van der Waals surface area (Å²) in [5.74, 6) is 1.25. The van der Waals surface area contributed by atoms with Gasteiger partial charge in [-0.3, -0.25) is 14.9 Å². The molecule has 3 atom stereocenters. The summed E-state index contributed by atoms with van der Waals surface area (Å²) in [6, 6.07) is 21.2. The molecule has 0 radical (unpaired) electrons. The fourth-order valence-corrected chi connectivity index (χ4v) is 7.23. The number of hydrogen-bond donors (Lipinski definition) is 2. The molecule has 3 fully saturated rings. The van der Waals surface area contributed by atoms with E-state index in [1.54, 1.807) is 6.20 Å². The van der Waals surface area contributed by atoms with E-state index in [-0.39, 0.29) is 18.1 Å². The molecule has 7 nitrogen and oxygen atoms in total. The normalized spacial score (nSPS) is 23.9. The molecule has 2 aliphatic heterocycles. The van der Waals surface area contributed by atoms with Crippen LogP contribution in [-0.4, -0.2) is 51.2 Å². The van der Waals surface area contributed by atoms with E-state index in [4.69, 9.17) is 4.74 Å². The highest BCUT2D eigenvalue weighted by Gasteiger charge is 2.39. The Morgan fingerprint density at radius 3 is 2.50 bits per heavy atom. The van der Waals surface area contributed by atoms with Crippen LogP contribution in [0.1, 0.15) is 73.5 Å². The molecule has 2 bridgehead atoms. The minimum absolute atomic E-state index is 0.0764. The first kappa shape index (κ1) is 25.3. The topological polar surface area (TPSA) is 83.1 Å². The standard InChI is InChI=1S/C33H37N5O2/c1-38-24-12-13-25(38)20-27(19-24)40-26-14-9-22(10-15-26)31-28-18-23(11-16-29(28)36-37-31)33(39)35-32(21-6-2-3-7-21)30-8-4-5-17-34-30/h4-5,8-11,14-18,21,24-25,27,32H,2-3,6-7,12-13,19-20H2,1H3,(H,35,39)(H,36,37)/t24?,25?,27?,32-/m0/s1. The van der Waals surface area contributed by atoms with Crippen LogP contribution in [0.4, 0.5) is 0 Å². The molecule has 3 aliphatic rings. The summed E-state index contributed by atoms with van der Waals surface area (Å²) in [7, 11) is 2.26. The molecule has 0 spiro atoms. The van der Waals surface area contributed by atoms with Crippen LogP contribution in [0.2, 0.25) is 0 Å². The minimum Gasteiger partial charge on any atom is -0.490 e. The summed E-state index contributed by atoms with van der Waals surface area (Å²) < 4.78 is 6.40. The second kappa shape index (κ2) is 10.7. The lowest BCUT2D eigenvalue weighted by molar-refractivity contribution is 0.0662. The van der Waals surface area contributed by atoms with Gasteiger partial charge in [0.15, 0.2) is 0 Å². The van der Waals surface area contributed by atoms with Crippen molar-refractivity contribution in [1.29, 1.82) is 0 Å². The van der Waals surface area contributed by atoms with Gasteiger partial charge in [0.05, 0.1) is 22.9 Å². The number of piperidine rings is 1. The molecule has 2 unspecified atom stereocenters. The predicted octanol–water partition coefficient (Wildman–Crippen LogP) is 6.29. The largest absolute Gasteiger partial charge is 0.490 e. The van der Waals surface area contributed by atoms with Gasteiger partial charge in [-0.05, 0) is 106 Å². The van der Waals surface area contributed by atoms with Crippen LogP contribution in [0.3, 0.4) is 0 Å². The maximum atomic E-state index is 13.5. The number of carbonyl (C=O) groups excluding carboxylic acids is 1. The fourth-order valence-electron chi connectivity index (χ4n) is 7.23. The van der Waals surface area contributed by atoms with Crippen molar-refractivity contribution in [3.63, 3.8) is 0 Å². The van der Waals surface area contributed by atoms with Gasteiger partial charge in [-0.2, -0.15) is 5.10 Å². The molecule has 7 heteroatoms. The van der Waals surface area contributed by atoms with E-state index in [2.05, 4.69) is 44.6 Å². The number of H-pyrrole nitrogens is 1. The lowest BCUT2D eigenvalue weighted by atomic mass is 9.94. The number of hydrogen-bond acceptors (Lipinski definition) is 5. The van der Waals surface area contributed by atoms with E-state index in [1.165, 1.54) is 25.7 Å². The van der Waals surface area contributed by atoms with E-state index >= 15 is 0 Å². The van der Waals surface area contributed by atoms with E-state index in [0.29, 0.717) is 23.6 Å². The van der Waals surface area contributed by atoms with E-state index in [9.17, 15) is 4.79 Å². The number of ether oxygens (including phenoxy) is 1. The second-order valence-corrected chi connectivity index (χ2v) is 11.9. The summed E-state index contributed by atoms with van der Waals surface area (Å²) in [5, 5.41) is 12.0. The number of nitrogens with one attached hydrogen (secondary N) is 2. The zero-order valence-corrected chi connectivity index (χ0v) is 23.1. The highest BCUT2D eigenvalue weighted by atomic mass is 16.5. The van der Waals surface area contributed by atoms with Crippen molar-refractivity contribution in [2.75, 3.05) is 7.05 Å². The quantitative estimate of drug-likeness (QED) is 0.291. The molecule has 206 valence electrons. The number of amides is 1. The Morgan fingerprint density at radius 2 is 1.77 bits per heavy atom. The number of rotatable bonds is 7. The zero-order chi connectivity index (χ0) is 27.1. The van der Waals surface area contributed by atoms with Crippen molar-refractivity contribution in [2.45, 2.75) is 75.6 Å². The summed E-state index contributed by atoms with van der Waals surface area (Å²) in [5.41, 5.74) is 4.31. The first-order valence-electron chi connectivity index (χ1n) is 14.8. The van der Waals surface area contributed by atoms with Crippen molar-refractivity contribution >= 4 is 16.8 Å². The van der Waals surface area contributed by atoms with Gasteiger partial charge >= 0.3 is 0 Å². The molecule has 7 rings (SSSR count). The molecule has 2 N–H and O–H groups in total. The van der Waals surface area contributed by atoms with Gasteiger partial charge in [0, 0.05) is 34.8 Å². The molecule has 1 saturated carbocycles. The molecule has 4 aromatic rings.